The predicted molar refractivity (Wildman–Crippen MR) is 76.4 cm³/mol. The monoisotopic (exact) mass is 294 g/mol. The molecular formula is C13H15ClN4S. The van der Waals surface area contributed by atoms with Crippen LogP contribution in [0.4, 0.5) is 0 Å². The summed E-state index contributed by atoms with van der Waals surface area (Å²) in [4.78, 5) is 5.38. The van der Waals surface area contributed by atoms with Crippen molar-refractivity contribution in [2.75, 3.05) is 0 Å². The molecule has 4 nitrogen and oxygen atoms in total. The molecule has 1 N–H and O–H groups in total. The summed E-state index contributed by atoms with van der Waals surface area (Å²) in [5.41, 5.74) is 1.14. The summed E-state index contributed by atoms with van der Waals surface area (Å²) < 4.78 is 1.77. The van der Waals surface area contributed by atoms with Gasteiger partial charge in [-0.15, -0.1) is 0 Å². The highest BCUT2D eigenvalue weighted by Gasteiger charge is 2.21. The molecule has 2 aromatic rings. The predicted octanol–water partition coefficient (Wildman–Crippen LogP) is 2.87. The van der Waals surface area contributed by atoms with Crippen LogP contribution in [0.3, 0.4) is 0 Å². The molecule has 1 saturated carbocycles. The third-order valence-electron chi connectivity index (χ3n) is 3.09. The molecule has 1 aromatic heterocycles. The van der Waals surface area contributed by atoms with Gasteiger partial charge in [-0.3, -0.25) is 0 Å². The fraction of sp³-hybridized carbons (Fsp3) is 0.385. The van der Waals surface area contributed by atoms with E-state index in [9.17, 15) is 0 Å². The van der Waals surface area contributed by atoms with E-state index in [1.807, 2.05) is 19.2 Å². The zero-order valence-electron chi connectivity index (χ0n) is 10.6. The van der Waals surface area contributed by atoms with Gasteiger partial charge < -0.3 is 5.32 Å². The molecule has 0 aliphatic heterocycles. The number of rotatable bonds is 5. The number of hydrogen-bond donors (Lipinski definition) is 1. The number of nitrogens with one attached hydrogen (secondary N) is 1. The third-order valence-corrected chi connectivity index (χ3v) is 4.60. The van der Waals surface area contributed by atoms with Gasteiger partial charge in [-0.1, -0.05) is 17.7 Å². The standard InChI is InChI=1S/C13H15ClN4S/c1-18-13(16-8-17-18)19-12-4-2-3-11(14)10(12)7-15-9-5-6-9/h2-4,8-9,15H,5-7H2,1H3. The Morgan fingerprint density at radius 3 is 3.00 bits per heavy atom. The van der Waals surface area contributed by atoms with E-state index in [1.54, 1.807) is 22.8 Å². The summed E-state index contributed by atoms with van der Waals surface area (Å²) in [6.07, 6.45) is 4.11. The first kappa shape index (κ1) is 13.0. The van der Waals surface area contributed by atoms with Crippen LogP contribution in [0.25, 0.3) is 0 Å². The first-order valence-electron chi connectivity index (χ1n) is 6.26. The van der Waals surface area contributed by atoms with Crippen LogP contribution in [0.1, 0.15) is 18.4 Å². The fourth-order valence-electron chi connectivity index (χ4n) is 1.82. The van der Waals surface area contributed by atoms with Gasteiger partial charge in [0.2, 0.25) is 0 Å². The van der Waals surface area contributed by atoms with Crippen molar-refractivity contribution < 1.29 is 0 Å². The average Bonchev–Trinajstić information content (AvgIpc) is 3.13. The highest BCUT2D eigenvalue weighted by molar-refractivity contribution is 7.99. The SMILES string of the molecule is Cn1ncnc1Sc1cccc(Cl)c1CNC1CC1. The zero-order chi connectivity index (χ0) is 13.2. The van der Waals surface area contributed by atoms with E-state index in [-0.39, 0.29) is 0 Å². The lowest BCUT2D eigenvalue weighted by molar-refractivity contribution is 0.676. The summed E-state index contributed by atoms with van der Waals surface area (Å²) >= 11 is 7.92. The topological polar surface area (TPSA) is 42.7 Å². The Balaban J connectivity index is 1.82. The van der Waals surface area contributed by atoms with Crippen LogP contribution in [0.2, 0.25) is 5.02 Å². The van der Waals surface area contributed by atoms with Gasteiger partial charge in [-0.2, -0.15) is 5.10 Å². The summed E-state index contributed by atoms with van der Waals surface area (Å²) in [6, 6.07) is 6.66. The number of hydrogen-bond acceptors (Lipinski definition) is 4. The van der Waals surface area contributed by atoms with E-state index in [2.05, 4.69) is 21.5 Å². The quantitative estimate of drug-likeness (QED) is 0.921. The van der Waals surface area contributed by atoms with Crippen molar-refractivity contribution in [1.82, 2.24) is 20.1 Å². The second-order valence-corrected chi connectivity index (χ2v) is 6.06. The van der Waals surface area contributed by atoms with E-state index in [4.69, 9.17) is 11.6 Å². The molecule has 0 saturated heterocycles. The molecule has 1 aromatic carbocycles. The van der Waals surface area contributed by atoms with Gasteiger partial charge >= 0.3 is 0 Å². The Hall–Kier alpha value is -1.04. The third kappa shape index (κ3) is 3.11. The van der Waals surface area contributed by atoms with Crippen LogP contribution in [0, 0.1) is 0 Å². The van der Waals surface area contributed by atoms with Crippen LogP contribution in [0.15, 0.2) is 34.6 Å². The van der Waals surface area contributed by atoms with Gasteiger partial charge in [0, 0.05) is 29.6 Å². The van der Waals surface area contributed by atoms with Gasteiger partial charge in [0.25, 0.3) is 0 Å². The molecule has 0 amide bonds. The second kappa shape index (κ2) is 5.53. The maximum absolute atomic E-state index is 6.32. The first-order valence-corrected chi connectivity index (χ1v) is 7.46. The zero-order valence-corrected chi connectivity index (χ0v) is 12.2. The van der Waals surface area contributed by atoms with E-state index < -0.39 is 0 Å². The molecule has 3 rings (SSSR count). The molecule has 1 fully saturated rings. The van der Waals surface area contributed by atoms with Gasteiger partial charge in [0.1, 0.15) is 6.33 Å². The molecule has 1 aliphatic rings. The molecule has 0 atom stereocenters. The number of aryl methyl sites for hydroxylation is 1. The highest BCUT2D eigenvalue weighted by atomic mass is 35.5. The van der Waals surface area contributed by atoms with Crippen molar-refractivity contribution in [3.63, 3.8) is 0 Å². The van der Waals surface area contributed by atoms with Crippen molar-refractivity contribution in [2.45, 2.75) is 35.5 Å². The van der Waals surface area contributed by atoms with Crippen molar-refractivity contribution in [3.05, 3.63) is 35.1 Å². The molecular weight excluding hydrogens is 280 g/mol. The summed E-state index contributed by atoms with van der Waals surface area (Å²) in [6.45, 7) is 0.810. The van der Waals surface area contributed by atoms with E-state index in [1.165, 1.54) is 12.8 Å². The van der Waals surface area contributed by atoms with E-state index in [0.717, 1.165) is 27.2 Å². The normalized spacial score (nSPS) is 14.8. The number of halogens is 1. The first-order chi connectivity index (χ1) is 9.24. The average molecular weight is 295 g/mol. The Morgan fingerprint density at radius 1 is 1.47 bits per heavy atom. The second-order valence-electron chi connectivity index (χ2n) is 4.64. The van der Waals surface area contributed by atoms with Crippen LogP contribution < -0.4 is 5.32 Å². The lowest BCUT2D eigenvalue weighted by Gasteiger charge is -2.11. The molecule has 0 radical (unpaired) electrons. The molecule has 100 valence electrons. The van der Waals surface area contributed by atoms with Crippen LogP contribution in [-0.2, 0) is 13.6 Å². The molecule has 0 bridgehead atoms. The maximum atomic E-state index is 6.32. The van der Waals surface area contributed by atoms with Crippen LogP contribution >= 0.6 is 23.4 Å². The minimum atomic E-state index is 0.670. The van der Waals surface area contributed by atoms with Gasteiger partial charge in [-0.05, 0) is 42.3 Å². The van der Waals surface area contributed by atoms with Crippen LogP contribution in [-0.4, -0.2) is 20.8 Å². The smallest absolute Gasteiger partial charge is 0.190 e. The van der Waals surface area contributed by atoms with Crippen LogP contribution in [0.5, 0.6) is 0 Å². The summed E-state index contributed by atoms with van der Waals surface area (Å²) in [7, 11) is 1.89. The van der Waals surface area contributed by atoms with Crippen molar-refractivity contribution in [2.24, 2.45) is 7.05 Å². The van der Waals surface area contributed by atoms with Gasteiger partial charge in [0.05, 0.1) is 0 Å². The molecule has 6 heteroatoms. The number of nitrogens with zero attached hydrogens (tertiary/aromatic N) is 3. The van der Waals surface area contributed by atoms with E-state index >= 15 is 0 Å². The largest absolute Gasteiger partial charge is 0.310 e. The van der Waals surface area contributed by atoms with Gasteiger partial charge in [0.15, 0.2) is 5.16 Å². The summed E-state index contributed by atoms with van der Waals surface area (Å²) in [5, 5.41) is 9.27. The Labute approximate surface area is 121 Å². The molecule has 1 heterocycles. The van der Waals surface area contributed by atoms with Crippen molar-refractivity contribution >= 4 is 23.4 Å². The molecule has 0 unspecified atom stereocenters. The number of aromatic nitrogens is 3. The minimum absolute atomic E-state index is 0.670. The maximum Gasteiger partial charge on any atom is 0.190 e. The molecule has 0 spiro atoms. The minimum Gasteiger partial charge on any atom is -0.310 e. The highest BCUT2D eigenvalue weighted by Crippen LogP contribution is 2.33. The van der Waals surface area contributed by atoms with E-state index in [0.29, 0.717) is 6.04 Å². The lowest BCUT2D eigenvalue weighted by atomic mass is 10.2. The molecule has 19 heavy (non-hydrogen) atoms. The fourth-order valence-corrected chi connectivity index (χ4v) is 3.04. The van der Waals surface area contributed by atoms with Crippen molar-refractivity contribution in [1.29, 1.82) is 0 Å². The van der Waals surface area contributed by atoms with Gasteiger partial charge in [-0.25, -0.2) is 9.67 Å². The summed E-state index contributed by atoms with van der Waals surface area (Å²) in [5.74, 6) is 0. The van der Waals surface area contributed by atoms with Crippen molar-refractivity contribution in [3.8, 4) is 0 Å². The lowest BCUT2D eigenvalue weighted by Crippen LogP contribution is -2.16. The Bertz CT molecular complexity index is 580. The Morgan fingerprint density at radius 2 is 2.32 bits per heavy atom. The number of benzene rings is 1. The Kier molecular flexibility index (Phi) is 3.77. The molecule has 1 aliphatic carbocycles.